The Balaban J connectivity index is -0.0000000146. The number of hydrogen-bond donors (Lipinski definition) is 3. The molecule has 0 unspecified atom stereocenters. The average Bonchev–Trinajstić information content (AvgIpc) is 1.19. The van der Waals surface area contributed by atoms with Crippen LogP contribution in [0.25, 0.3) is 0 Å². The Hall–Kier alpha value is 1.77. The largest absolute Gasteiger partial charge is 2.00 e. The van der Waals surface area contributed by atoms with E-state index in [0.29, 0.717) is 0 Å². The Kier molecular flexibility index (Phi) is 24.6. The van der Waals surface area contributed by atoms with Crippen LogP contribution >= 0.6 is 21.3 Å². The summed E-state index contributed by atoms with van der Waals surface area (Å²) in [5.41, 5.74) is 1.17. The first kappa shape index (κ1) is 23.0. The summed E-state index contributed by atoms with van der Waals surface area (Å²) in [4.78, 5) is 21.6. The molecule has 0 fully saturated rings. The first-order valence-electron chi connectivity index (χ1n) is 2.14. The van der Waals surface area contributed by atoms with E-state index in [4.69, 9.17) is 19.2 Å². The van der Waals surface area contributed by atoms with Crippen molar-refractivity contribution in [2.24, 2.45) is 0 Å². The van der Waals surface area contributed by atoms with Crippen molar-refractivity contribution in [3.63, 3.8) is 0 Å². The second-order valence-electron chi connectivity index (χ2n) is 1.72. The number of phosphoric acid groups is 1. The van der Waals surface area contributed by atoms with Crippen LogP contribution in [0, 0.1) is 0 Å². The van der Waals surface area contributed by atoms with E-state index in [1.165, 1.54) is 5.57 Å². The summed E-state index contributed by atoms with van der Waals surface area (Å²) in [5.74, 6) is 0. The predicted molar refractivity (Wildman–Crippen MR) is 53.1 cm³/mol. The summed E-state index contributed by atoms with van der Waals surface area (Å²) in [7, 11) is -4.64. The Morgan fingerprint density at radius 3 is 1.36 bits per heavy atom. The maximum absolute atomic E-state index is 8.88. The third-order valence-corrected chi connectivity index (χ3v) is 0. The van der Waals surface area contributed by atoms with Crippen LogP contribution in [-0.2, 0) is 4.57 Å². The van der Waals surface area contributed by atoms with E-state index in [9.17, 15) is 0 Å². The zero-order valence-corrected chi connectivity index (χ0v) is 12.9. The van der Waals surface area contributed by atoms with Crippen LogP contribution in [0.1, 0.15) is 16.7 Å². The molecule has 3 N–H and O–H groups in total. The van der Waals surface area contributed by atoms with Crippen LogP contribution in [-0.4, -0.2) is 63.6 Å². The van der Waals surface area contributed by atoms with Crippen molar-refractivity contribution in [1.82, 2.24) is 0 Å². The average molecular weight is 328 g/mol. The van der Waals surface area contributed by atoms with Gasteiger partial charge in [-0.3, -0.25) is 0 Å². The van der Waals surface area contributed by atoms with Crippen LogP contribution < -0.4 is 0 Å². The number of allylic oxidation sites excluding steroid dienone is 1. The molecule has 0 bridgehead atoms. The van der Waals surface area contributed by atoms with Gasteiger partial charge >= 0.3 is 56.7 Å². The van der Waals surface area contributed by atoms with Gasteiger partial charge in [0.05, 0.1) is 0 Å². The van der Waals surface area contributed by atoms with E-state index in [1.54, 1.807) is 0 Å². The quantitative estimate of drug-likeness (QED) is 0.346. The van der Waals surface area contributed by atoms with Crippen molar-refractivity contribution in [2.45, 2.75) is 13.8 Å². The minimum atomic E-state index is -4.64. The minimum Gasteiger partial charge on any atom is -1.00 e. The van der Waals surface area contributed by atoms with E-state index in [2.05, 4.69) is 6.58 Å². The van der Waals surface area contributed by atoms with Gasteiger partial charge in [0.25, 0.3) is 0 Å². The Morgan fingerprint density at radius 1 is 1.36 bits per heavy atom. The zero-order valence-electron chi connectivity index (χ0n) is 8.61. The van der Waals surface area contributed by atoms with Gasteiger partial charge in [-0.2, -0.15) is 13.5 Å². The Morgan fingerprint density at radius 2 is 1.36 bits per heavy atom. The topological polar surface area (TPSA) is 77.8 Å². The zero-order chi connectivity index (χ0) is 8.08. The van der Waals surface area contributed by atoms with E-state index in [1.807, 2.05) is 13.8 Å². The van der Waals surface area contributed by atoms with Gasteiger partial charge in [0.15, 0.2) is 0 Å². The maximum Gasteiger partial charge on any atom is 2.00 e. The monoisotopic (exact) mass is 328 g/mol. The normalized spacial score (nSPS) is 7.73. The fourth-order valence-corrected chi connectivity index (χ4v) is 0. The van der Waals surface area contributed by atoms with Crippen LogP contribution in [0.15, 0.2) is 12.2 Å². The first-order valence-corrected chi connectivity index (χ1v) is 3.70. The fourth-order valence-electron chi connectivity index (χ4n) is 0. The second kappa shape index (κ2) is 11.8. The minimum absolute atomic E-state index is 0. The van der Waals surface area contributed by atoms with Gasteiger partial charge in [0, 0.05) is 0 Å². The van der Waals surface area contributed by atoms with Gasteiger partial charge in [-0.15, -0.1) is 6.58 Å². The van der Waals surface area contributed by atoms with Gasteiger partial charge < -0.3 is 17.5 Å². The molecule has 0 heterocycles. The molecule has 0 spiro atoms. The molecule has 0 aromatic heterocycles. The van der Waals surface area contributed by atoms with E-state index in [-0.39, 0.29) is 65.2 Å². The standard InChI is InChI=1S/C4H8.Ba.H3O4P.H2S.2H/c1-4(2)3;;1-5(2,3)4;;;/h1H2,2-3H3;;(H3,1,2,3,4);1H2;;/q;+2;;;2*-1. The van der Waals surface area contributed by atoms with Crippen LogP contribution in [0.3, 0.4) is 0 Å². The van der Waals surface area contributed by atoms with E-state index >= 15 is 0 Å². The van der Waals surface area contributed by atoms with Gasteiger partial charge in [-0.05, 0) is 13.8 Å². The molecule has 0 aromatic rings. The number of hydrogen-bond acceptors (Lipinski definition) is 1. The van der Waals surface area contributed by atoms with Crippen molar-refractivity contribution < 1.29 is 22.1 Å². The Labute approximate surface area is 117 Å². The van der Waals surface area contributed by atoms with Crippen LogP contribution in [0.5, 0.6) is 0 Å². The third kappa shape index (κ3) is 358. The molecule has 11 heavy (non-hydrogen) atoms. The molecule has 0 aliphatic heterocycles. The first-order chi connectivity index (χ1) is 3.73. The summed E-state index contributed by atoms with van der Waals surface area (Å²) in [6.45, 7) is 7.50. The number of rotatable bonds is 0. The fraction of sp³-hybridized carbons (Fsp3) is 0.500. The molecular weight excluding hydrogens is 312 g/mol. The predicted octanol–water partition coefficient (Wildman–Crippen LogP) is 0.611. The molecular formula is C4H15BaO4PS. The van der Waals surface area contributed by atoms with E-state index in [0.717, 1.165) is 0 Å². The molecule has 0 aromatic carbocycles. The molecule has 4 nitrogen and oxygen atoms in total. The van der Waals surface area contributed by atoms with Crippen molar-refractivity contribution in [1.29, 1.82) is 0 Å². The molecule has 0 saturated heterocycles. The van der Waals surface area contributed by atoms with Gasteiger partial charge in [-0.1, -0.05) is 5.57 Å². The maximum atomic E-state index is 8.88. The van der Waals surface area contributed by atoms with Crippen LogP contribution in [0.2, 0.25) is 0 Å². The SMILES string of the molecule is C=C(C)C.O=P(O)(O)O.S.[Ba+2].[H-].[H-]. The molecule has 68 valence electrons. The molecule has 0 amide bonds. The van der Waals surface area contributed by atoms with Gasteiger partial charge in [0.1, 0.15) is 0 Å². The molecule has 0 aliphatic rings. The van der Waals surface area contributed by atoms with Crippen molar-refractivity contribution in [2.75, 3.05) is 0 Å². The molecule has 0 saturated carbocycles. The summed E-state index contributed by atoms with van der Waals surface area (Å²) < 4.78 is 8.88. The molecule has 0 rings (SSSR count). The second-order valence-corrected chi connectivity index (χ2v) is 2.75. The van der Waals surface area contributed by atoms with Crippen molar-refractivity contribution in [3.05, 3.63) is 12.2 Å². The van der Waals surface area contributed by atoms with Crippen molar-refractivity contribution >= 4 is 70.2 Å². The van der Waals surface area contributed by atoms with Gasteiger partial charge in [-0.25, -0.2) is 4.57 Å². The van der Waals surface area contributed by atoms with Gasteiger partial charge in [0.2, 0.25) is 0 Å². The van der Waals surface area contributed by atoms with Crippen molar-refractivity contribution in [3.8, 4) is 0 Å². The molecule has 7 heteroatoms. The summed E-state index contributed by atoms with van der Waals surface area (Å²) in [6, 6.07) is 0. The molecule has 0 radical (unpaired) electrons. The Bertz CT molecular complexity index is 130. The van der Waals surface area contributed by atoms with E-state index < -0.39 is 7.82 Å². The smallest absolute Gasteiger partial charge is 1.00 e. The molecule has 0 aliphatic carbocycles. The summed E-state index contributed by atoms with van der Waals surface area (Å²) in [5, 5.41) is 0. The molecule has 0 atom stereocenters. The summed E-state index contributed by atoms with van der Waals surface area (Å²) >= 11 is 0. The third-order valence-electron chi connectivity index (χ3n) is 0. The van der Waals surface area contributed by atoms with Crippen LogP contribution in [0.4, 0.5) is 0 Å². The summed E-state index contributed by atoms with van der Waals surface area (Å²) in [6.07, 6.45) is 0.